The molecule has 27 heavy (non-hydrogen) atoms. The van der Waals surface area contributed by atoms with Gasteiger partial charge < -0.3 is 20.2 Å². The van der Waals surface area contributed by atoms with Crippen LogP contribution < -0.4 is 11.1 Å². The number of rotatable bonds is 2. The van der Waals surface area contributed by atoms with Gasteiger partial charge in [-0.15, -0.1) is 0 Å². The Balaban J connectivity index is 1.77. The molecule has 1 aromatic heterocycles. The van der Waals surface area contributed by atoms with Crippen LogP contribution >= 0.6 is 0 Å². The highest BCUT2D eigenvalue weighted by Crippen LogP contribution is 2.45. The fraction of sp³-hybridized carbons (Fsp3) is 0.353. The molecule has 0 bridgehead atoms. The van der Waals surface area contributed by atoms with Gasteiger partial charge >= 0.3 is 5.92 Å². The van der Waals surface area contributed by atoms with Crippen LogP contribution in [0.4, 0.5) is 18.9 Å². The molecule has 3 heterocycles. The minimum Gasteiger partial charge on any atom is -0.459 e. The van der Waals surface area contributed by atoms with E-state index < -0.39 is 29.9 Å². The van der Waals surface area contributed by atoms with Gasteiger partial charge in [-0.25, -0.2) is 14.4 Å². The van der Waals surface area contributed by atoms with Crippen LogP contribution in [0.5, 0.6) is 0 Å². The predicted molar refractivity (Wildman–Crippen MR) is 91.4 cm³/mol. The number of aliphatic imine (C=N–C) groups is 2. The van der Waals surface area contributed by atoms with Crippen molar-refractivity contribution in [2.24, 2.45) is 15.7 Å². The molecule has 0 amide bonds. The van der Waals surface area contributed by atoms with Gasteiger partial charge in [0.05, 0.1) is 6.54 Å². The van der Waals surface area contributed by atoms with Gasteiger partial charge in [-0.2, -0.15) is 8.78 Å². The van der Waals surface area contributed by atoms with Crippen LogP contribution in [0.2, 0.25) is 0 Å². The van der Waals surface area contributed by atoms with Crippen LogP contribution in [-0.2, 0) is 16.8 Å². The molecule has 0 radical (unpaired) electrons. The summed E-state index contributed by atoms with van der Waals surface area (Å²) in [6, 6.07) is 2.07. The highest BCUT2D eigenvalue weighted by atomic mass is 19.3. The van der Waals surface area contributed by atoms with E-state index in [1.165, 1.54) is 18.4 Å². The standard InChI is InChI=1S/C17H16F3N5O2/c1-8-23-13(6-26-8)14-22-5-9-3-11(18)10(4-12(9)24-14)16(2)17(19,20)7-27-15(21)25-16/h3-4,6H,5,7H2,1-2H3,(H2,21,25)(H,22,24)/t16-/m1/s1. The van der Waals surface area contributed by atoms with Crippen molar-refractivity contribution in [1.82, 2.24) is 4.98 Å². The molecule has 0 fully saturated rings. The number of halogens is 3. The van der Waals surface area contributed by atoms with Crippen LogP contribution in [-0.4, -0.2) is 29.4 Å². The van der Waals surface area contributed by atoms with Gasteiger partial charge in [0.25, 0.3) is 6.02 Å². The number of fused-ring (bicyclic) bond motifs is 1. The maximum absolute atomic E-state index is 14.7. The maximum atomic E-state index is 14.7. The minimum atomic E-state index is -3.44. The molecular weight excluding hydrogens is 363 g/mol. The molecule has 0 unspecified atom stereocenters. The fourth-order valence-electron chi connectivity index (χ4n) is 3.08. The smallest absolute Gasteiger partial charge is 0.310 e. The summed E-state index contributed by atoms with van der Waals surface area (Å²) in [5.41, 5.74) is 4.42. The summed E-state index contributed by atoms with van der Waals surface area (Å²) in [7, 11) is 0. The number of hydrogen-bond donors (Lipinski definition) is 2. The van der Waals surface area contributed by atoms with E-state index in [0.29, 0.717) is 28.7 Å². The van der Waals surface area contributed by atoms with Crippen molar-refractivity contribution in [1.29, 1.82) is 0 Å². The lowest BCUT2D eigenvalue weighted by atomic mass is 9.84. The molecule has 1 atom stereocenters. The first-order valence-corrected chi connectivity index (χ1v) is 8.12. The van der Waals surface area contributed by atoms with E-state index in [4.69, 9.17) is 10.2 Å². The van der Waals surface area contributed by atoms with Crippen molar-refractivity contribution in [2.75, 3.05) is 11.9 Å². The molecule has 0 saturated heterocycles. The second-order valence-electron chi connectivity index (χ2n) is 6.55. The second kappa shape index (κ2) is 5.73. The Morgan fingerprint density at radius 3 is 2.78 bits per heavy atom. The van der Waals surface area contributed by atoms with Crippen LogP contribution in [0.3, 0.4) is 0 Å². The Kier molecular flexibility index (Phi) is 3.69. The van der Waals surface area contributed by atoms with E-state index in [0.717, 1.165) is 6.92 Å². The molecule has 4 rings (SSSR count). The SMILES string of the molecule is Cc1nc(C2=NCc3cc(F)c([C@@]4(C)N=C(N)OCC4(F)F)cc3N2)co1. The van der Waals surface area contributed by atoms with E-state index in [9.17, 15) is 13.2 Å². The lowest BCUT2D eigenvalue weighted by Crippen LogP contribution is -2.51. The van der Waals surface area contributed by atoms with E-state index in [1.54, 1.807) is 6.92 Å². The number of ether oxygens (including phenoxy) is 1. The van der Waals surface area contributed by atoms with Crippen molar-refractivity contribution in [2.45, 2.75) is 31.9 Å². The summed E-state index contributed by atoms with van der Waals surface area (Å²) in [4.78, 5) is 12.2. The van der Waals surface area contributed by atoms with Gasteiger partial charge in [-0.3, -0.25) is 4.99 Å². The van der Waals surface area contributed by atoms with Crippen molar-refractivity contribution < 1.29 is 22.3 Å². The Morgan fingerprint density at radius 1 is 1.30 bits per heavy atom. The summed E-state index contributed by atoms with van der Waals surface area (Å²) in [5.74, 6) is -3.39. The zero-order valence-electron chi connectivity index (χ0n) is 14.5. The van der Waals surface area contributed by atoms with Crippen LogP contribution in [0, 0.1) is 12.7 Å². The topological polar surface area (TPSA) is 98.0 Å². The first kappa shape index (κ1) is 17.4. The molecule has 0 saturated carbocycles. The summed E-state index contributed by atoms with van der Waals surface area (Å²) < 4.78 is 53.6. The highest BCUT2D eigenvalue weighted by molar-refractivity contribution is 6.08. The zero-order chi connectivity index (χ0) is 19.4. The number of aromatic nitrogens is 1. The van der Waals surface area contributed by atoms with Crippen molar-refractivity contribution in [3.05, 3.63) is 46.9 Å². The normalized spacial score (nSPS) is 23.6. The zero-order valence-corrected chi connectivity index (χ0v) is 14.5. The number of oxazole rings is 1. The lowest BCUT2D eigenvalue weighted by Gasteiger charge is -2.38. The second-order valence-corrected chi connectivity index (χ2v) is 6.55. The number of anilines is 1. The van der Waals surface area contributed by atoms with Crippen LogP contribution in [0.25, 0.3) is 0 Å². The number of hydrogen-bond acceptors (Lipinski definition) is 7. The highest BCUT2D eigenvalue weighted by Gasteiger charge is 2.56. The Bertz CT molecular complexity index is 985. The number of alkyl halides is 2. The van der Waals surface area contributed by atoms with Gasteiger partial charge in [0, 0.05) is 23.7 Å². The maximum Gasteiger partial charge on any atom is 0.310 e. The third kappa shape index (κ3) is 2.71. The molecule has 2 aromatic rings. The Morgan fingerprint density at radius 2 is 2.07 bits per heavy atom. The average Bonchev–Trinajstić information content (AvgIpc) is 3.04. The van der Waals surface area contributed by atoms with Gasteiger partial charge in [-0.1, -0.05) is 0 Å². The molecule has 3 N–H and O–H groups in total. The Labute approximate surface area is 152 Å². The van der Waals surface area contributed by atoms with E-state index in [1.807, 2.05) is 0 Å². The number of amidine groups is 2. The average molecular weight is 379 g/mol. The largest absolute Gasteiger partial charge is 0.459 e. The molecule has 142 valence electrons. The molecule has 7 nitrogen and oxygen atoms in total. The first-order chi connectivity index (χ1) is 12.7. The number of nitrogens with one attached hydrogen (secondary N) is 1. The first-order valence-electron chi connectivity index (χ1n) is 8.12. The quantitative estimate of drug-likeness (QED) is 0.836. The van der Waals surface area contributed by atoms with Gasteiger partial charge in [0.15, 0.2) is 23.9 Å². The minimum absolute atomic E-state index is 0.169. The molecule has 2 aliphatic heterocycles. The van der Waals surface area contributed by atoms with Gasteiger partial charge in [0.2, 0.25) is 0 Å². The summed E-state index contributed by atoms with van der Waals surface area (Å²) in [6.45, 7) is 2.01. The van der Waals surface area contributed by atoms with E-state index in [2.05, 4.69) is 25.0 Å². The van der Waals surface area contributed by atoms with Crippen LogP contribution in [0.1, 0.15) is 29.6 Å². The summed E-state index contributed by atoms with van der Waals surface area (Å²) in [6.07, 6.45) is 1.43. The monoisotopic (exact) mass is 379 g/mol. The number of nitrogens with zero attached hydrogens (tertiary/aromatic N) is 3. The molecule has 0 aliphatic carbocycles. The predicted octanol–water partition coefficient (Wildman–Crippen LogP) is 2.69. The van der Waals surface area contributed by atoms with Crippen molar-refractivity contribution in [3.63, 3.8) is 0 Å². The number of aryl methyl sites for hydroxylation is 1. The summed E-state index contributed by atoms with van der Waals surface area (Å²) >= 11 is 0. The van der Waals surface area contributed by atoms with E-state index >= 15 is 0 Å². The van der Waals surface area contributed by atoms with Crippen LogP contribution in [0.15, 0.2) is 32.8 Å². The molecule has 2 aliphatic rings. The number of nitrogens with two attached hydrogens (primary N) is 1. The number of benzene rings is 1. The summed E-state index contributed by atoms with van der Waals surface area (Å²) in [5, 5.41) is 2.99. The van der Waals surface area contributed by atoms with Crippen molar-refractivity contribution >= 4 is 17.5 Å². The third-order valence-electron chi connectivity index (χ3n) is 4.69. The molecule has 0 spiro atoms. The molecular formula is C17H16F3N5O2. The third-order valence-corrected chi connectivity index (χ3v) is 4.69. The molecule has 1 aromatic carbocycles. The van der Waals surface area contributed by atoms with Gasteiger partial charge in [-0.05, 0) is 19.1 Å². The lowest BCUT2D eigenvalue weighted by molar-refractivity contribution is -0.117. The Hall–Kier alpha value is -3.04. The van der Waals surface area contributed by atoms with Crippen molar-refractivity contribution in [3.8, 4) is 0 Å². The van der Waals surface area contributed by atoms with E-state index in [-0.39, 0.29) is 12.1 Å². The fourth-order valence-corrected chi connectivity index (χ4v) is 3.08. The van der Waals surface area contributed by atoms with Gasteiger partial charge in [0.1, 0.15) is 17.8 Å². The molecule has 10 heteroatoms.